The van der Waals surface area contributed by atoms with E-state index in [1.54, 1.807) is 37.4 Å². The molecule has 0 unspecified atom stereocenters. The molecule has 1 amide bonds. The first-order valence-electron chi connectivity index (χ1n) is 10.9. The Hall–Kier alpha value is -4.92. The van der Waals surface area contributed by atoms with Crippen molar-refractivity contribution in [2.24, 2.45) is 0 Å². The fourth-order valence-corrected chi connectivity index (χ4v) is 3.72. The van der Waals surface area contributed by atoms with Crippen molar-refractivity contribution in [3.05, 3.63) is 118 Å². The minimum atomic E-state index is -0.720. The summed E-state index contributed by atoms with van der Waals surface area (Å²) in [4.78, 5) is 34.4. The number of halogens is 2. The van der Waals surface area contributed by atoms with Crippen molar-refractivity contribution in [1.29, 1.82) is 0 Å². The lowest BCUT2D eigenvalue weighted by molar-refractivity contribution is 0.102. The van der Waals surface area contributed by atoms with Gasteiger partial charge in [0.15, 0.2) is 17.3 Å². The summed E-state index contributed by atoms with van der Waals surface area (Å²) in [6.45, 7) is 1.62. The quantitative estimate of drug-likeness (QED) is 0.360. The molecule has 0 radical (unpaired) electrons. The lowest BCUT2D eigenvalue weighted by atomic mass is 10.1. The highest BCUT2D eigenvalue weighted by Crippen LogP contribution is 2.30. The van der Waals surface area contributed by atoms with Gasteiger partial charge in [-0.15, -0.1) is 0 Å². The Morgan fingerprint density at radius 2 is 1.75 bits per heavy atom. The molecule has 0 spiro atoms. The lowest BCUT2D eigenvalue weighted by Gasteiger charge is -2.12. The number of carbonyl (C=O) groups is 1. The van der Waals surface area contributed by atoms with Crippen LogP contribution in [-0.2, 0) is 0 Å². The van der Waals surface area contributed by atoms with Gasteiger partial charge in [0.2, 0.25) is 0 Å². The van der Waals surface area contributed by atoms with Crippen LogP contribution in [0.2, 0.25) is 0 Å². The van der Waals surface area contributed by atoms with E-state index in [4.69, 9.17) is 4.74 Å². The van der Waals surface area contributed by atoms with E-state index in [-0.39, 0.29) is 17.0 Å². The van der Waals surface area contributed by atoms with Gasteiger partial charge in [-0.1, -0.05) is 0 Å². The van der Waals surface area contributed by atoms with Crippen LogP contribution in [0.1, 0.15) is 15.9 Å². The smallest absolute Gasteiger partial charge is 0.268 e. The summed E-state index contributed by atoms with van der Waals surface area (Å²) in [6.07, 6.45) is 4.62. The molecular weight excluding hydrogens is 466 g/mol. The molecule has 0 saturated heterocycles. The number of rotatable bonds is 5. The van der Waals surface area contributed by atoms with Crippen LogP contribution >= 0.6 is 0 Å². The third kappa shape index (κ3) is 4.41. The van der Waals surface area contributed by atoms with E-state index < -0.39 is 23.1 Å². The number of hydrogen-bond donors (Lipinski definition) is 1. The summed E-state index contributed by atoms with van der Waals surface area (Å²) < 4.78 is 35.1. The lowest BCUT2D eigenvalue weighted by Crippen LogP contribution is -2.29. The number of aromatic nitrogens is 3. The van der Waals surface area contributed by atoms with Gasteiger partial charge in [0, 0.05) is 42.1 Å². The predicted octanol–water partition coefficient (Wildman–Crippen LogP) is 5.41. The zero-order valence-electron chi connectivity index (χ0n) is 18.9. The maximum absolute atomic E-state index is 14.9. The SMILES string of the molecule is Cc1ccn(-c2ccc(F)cc2)c(=O)c1C(=O)Nc1ccc(Oc2ccnc3cccnc23)c(F)c1. The van der Waals surface area contributed by atoms with Gasteiger partial charge in [-0.3, -0.25) is 24.1 Å². The first-order chi connectivity index (χ1) is 17.4. The molecule has 3 heterocycles. The van der Waals surface area contributed by atoms with E-state index in [1.165, 1.54) is 53.4 Å². The maximum atomic E-state index is 14.9. The standard InChI is InChI=1S/C27H18F2N4O3/c1-16-11-14-33(19-7-4-17(28)5-8-19)27(35)24(16)26(34)32-18-6-9-22(20(29)15-18)36-23-10-13-30-21-3-2-12-31-25(21)23/h2-15H,1H3,(H,32,34). The molecule has 1 N–H and O–H groups in total. The molecule has 9 heteroatoms. The molecular formula is C27H18F2N4O3. The second kappa shape index (κ2) is 9.38. The van der Waals surface area contributed by atoms with Gasteiger partial charge in [-0.2, -0.15) is 0 Å². The molecule has 2 aromatic carbocycles. The Morgan fingerprint density at radius 1 is 0.944 bits per heavy atom. The first kappa shape index (κ1) is 22.9. The third-order valence-electron chi connectivity index (χ3n) is 5.50. The fraction of sp³-hybridized carbons (Fsp3) is 0.0370. The van der Waals surface area contributed by atoms with Gasteiger partial charge < -0.3 is 10.1 Å². The van der Waals surface area contributed by atoms with Crippen molar-refractivity contribution in [3.8, 4) is 17.2 Å². The summed E-state index contributed by atoms with van der Waals surface area (Å²) >= 11 is 0. The van der Waals surface area contributed by atoms with Gasteiger partial charge in [-0.05, 0) is 67.1 Å². The predicted molar refractivity (Wildman–Crippen MR) is 131 cm³/mol. The van der Waals surface area contributed by atoms with Crippen LogP contribution in [0.4, 0.5) is 14.5 Å². The second-order valence-electron chi connectivity index (χ2n) is 7.91. The van der Waals surface area contributed by atoms with E-state index in [9.17, 15) is 18.4 Å². The van der Waals surface area contributed by atoms with Crippen LogP contribution in [0.5, 0.6) is 11.5 Å². The highest BCUT2D eigenvalue weighted by molar-refractivity contribution is 6.05. The van der Waals surface area contributed by atoms with Gasteiger partial charge in [-0.25, -0.2) is 8.78 Å². The Morgan fingerprint density at radius 3 is 2.53 bits per heavy atom. The van der Waals surface area contributed by atoms with Gasteiger partial charge in [0.05, 0.1) is 5.52 Å². The number of hydrogen-bond acceptors (Lipinski definition) is 5. The third-order valence-corrected chi connectivity index (χ3v) is 5.50. The molecule has 0 fully saturated rings. The highest BCUT2D eigenvalue weighted by atomic mass is 19.1. The topological polar surface area (TPSA) is 86.1 Å². The molecule has 5 aromatic rings. The minimum absolute atomic E-state index is 0.0688. The van der Waals surface area contributed by atoms with E-state index >= 15 is 0 Å². The Kier molecular flexibility index (Phi) is 5.95. The van der Waals surface area contributed by atoms with Crippen LogP contribution in [-0.4, -0.2) is 20.4 Å². The molecule has 3 aromatic heterocycles. The van der Waals surface area contributed by atoms with Crippen molar-refractivity contribution in [1.82, 2.24) is 14.5 Å². The van der Waals surface area contributed by atoms with E-state index in [1.807, 2.05) is 0 Å². The maximum Gasteiger partial charge on any atom is 0.268 e. The second-order valence-corrected chi connectivity index (χ2v) is 7.91. The summed E-state index contributed by atoms with van der Waals surface area (Å²) in [5.41, 5.74) is 1.36. The molecule has 36 heavy (non-hydrogen) atoms. The van der Waals surface area contributed by atoms with Crippen molar-refractivity contribution in [2.45, 2.75) is 6.92 Å². The number of amides is 1. The van der Waals surface area contributed by atoms with Crippen molar-refractivity contribution < 1.29 is 18.3 Å². The molecule has 0 bridgehead atoms. The fourth-order valence-electron chi connectivity index (χ4n) is 3.72. The minimum Gasteiger partial charge on any atom is -0.452 e. The zero-order chi connectivity index (χ0) is 25.2. The summed E-state index contributed by atoms with van der Waals surface area (Å²) in [7, 11) is 0. The largest absolute Gasteiger partial charge is 0.452 e. The number of benzene rings is 2. The van der Waals surface area contributed by atoms with Gasteiger partial charge in [0.1, 0.15) is 16.9 Å². The molecule has 0 aliphatic carbocycles. The van der Waals surface area contributed by atoms with Crippen LogP contribution < -0.4 is 15.6 Å². The summed E-state index contributed by atoms with van der Waals surface area (Å²) in [5, 5.41) is 2.56. The Bertz CT molecular complexity index is 1660. The number of nitrogens with zero attached hydrogens (tertiary/aromatic N) is 3. The number of pyridine rings is 3. The molecule has 7 nitrogen and oxygen atoms in total. The Labute approximate surface area is 203 Å². The number of aryl methyl sites for hydroxylation is 1. The average molecular weight is 484 g/mol. The molecule has 0 saturated carbocycles. The average Bonchev–Trinajstić information content (AvgIpc) is 2.87. The number of ether oxygens (including phenoxy) is 1. The van der Waals surface area contributed by atoms with Gasteiger partial charge in [0.25, 0.3) is 11.5 Å². The highest BCUT2D eigenvalue weighted by Gasteiger charge is 2.18. The molecule has 0 aliphatic rings. The van der Waals surface area contributed by atoms with E-state index in [0.717, 1.165) is 6.07 Å². The molecule has 0 aliphatic heterocycles. The van der Waals surface area contributed by atoms with Crippen LogP contribution in [0.25, 0.3) is 16.7 Å². The van der Waals surface area contributed by atoms with Gasteiger partial charge >= 0.3 is 0 Å². The molecule has 5 rings (SSSR count). The first-order valence-corrected chi connectivity index (χ1v) is 10.9. The normalized spacial score (nSPS) is 10.9. The van der Waals surface area contributed by atoms with Crippen LogP contribution in [0, 0.1) is 18.6 Å². The summed E-state index contributed by atoms with van der Waals surface area (Å²) in [5.74, 6) is -1.61. The number of anilines is 1. The molecule has 178 valence electrons. The monoisotopic (exact) mass is 484 g/mol. The van der Waals surface area contributed by atoms with Crippen LogP contribution in [0.15, 0.2) is 90.1 Å². The van der Waals surface area contributed by atoms with E-state index in [0.29, 0.717) is 28.0 Å². The summed E-state index contributed by atoms with van der Waals surface area (Å²) in [6, 6.07) is 15.9. The van der Waals surface area contributed by atoms with Crippen LogP contribution in [0.3, 0.4) is 0 Å². The van der Waals surface area contributed by atoms with Crippen molar-refractivity contribution >= 4 is 22.6 Å². The molecule has 0 atom stereocenters. The van der Waals surface area contributed by atoms with E-state index in [2.05, 4.69) is 15.3 Å². The van der Waals surface area contributed by atoms with Crippen molar-refractivity contribution in [2.75, 3.05) is 5.32 Å². The van der Waals surface area contributed by atoms with Crippen molar-refractivity contribution in [3.63, 3.8) is 0 Å². The zero-order valence-corrected chi connectivity index (χ0v) is 18.9. The Balaban J connectivity index is 1.40. The number of fused-ring (bicyclic) bond motifs is 1. The number of carbonyl (C=O) groups excluding carboxylic acids is 1. The number of nitrogens with one attached hydrogen (secondary N) is 1.